The first-order chi connectivity index (χ1) is 10.1. The molecule has 0 radical (unpaired) electrons. The van der Waals surface area contributed by atoms with Crippen LogP contribution >= 0.6 is 11.6 Å². The van der Waals surface area contributed by atoms with Gasteiger partial charge in [0.2, 0.25) is 0 Å². The fourth-order valence-electron chi connectivity index (χ4n) is 2.00. The standard InChI is InChI=1S/C14H9ClFN3O2/c15-8-4-5-10(9(16)6-8)18-14(21)11-7-17-12-2-1-3-13(20)19(11)12/h1-7,17H,(H,18,21). The molecule has 0 saturated heterocycles. The highest BCUT2D eigenvalue weighted by Gasteiger charge is 2.15. The number of fused-ring (bicyclic) bond motifs is 1. The number of nitrogens with zero attached hydrogens (tertiary/aromatic N) is 1. The molecule has 21 heavy (non-hydrogen) atoms. The van der Waals surface area contributed by atoms with E-state index in [1.807, 2.05) is 0 Å². The van der Waals surface area contributed by atoms with Gasteiger partial charge in [0.15, 0.2) is 0 Å². The SMILES string of the molecule is O=C(Nc1ccc(Cl)cc1F)c1c[nH]c2cccc(=O)n12. The maximum atomic E-state index is 13.7. The zero-order valence-corrected chi connectivity index (χ0v) is 11.3. The highest BCUT2D eigenvalue weighted by atomic mass is 35.5. The molecular weight excluding hydrogens is 297 g/mol. The largest absolute Gasteiger partial charge is 0.345 e. The van der Waals surface area contributed by atoms with Crippen molar-refractivity contribution in [1.29, 1.82) is 0 Å². The number of nitrogens with one attached hydrogen (secondary N) is 2. The number of hydrogen-bond acceptors (Lipinski definition) is 2. The van der Waals surface area contributed by atoms with Crippen molar-refractivity contribution < 1.29 is 9.18 Å². The van der Waals surface area contributed by atoms with Crippen LogP contribution in [0, 0.1) is 5.82 Å². The second kappa shape index (κ2) is 5.06. The lowest BCUT2D eigenvalue weighted by atomic mass is 10.3. The quantitative estimate of drug-likeness (QED) is 0.764. The fourth-order valence-corrected chi connectivity index (χ4v) is 2.16. The minimum Gasteiger partial charge on any atom is -0.345 e. The van der Waals surface area contributed by atoms with Gasteiger partial charge in [-0.15, -0.1) is 0 Å². The third-order valence-electron chi connectivity index (χ3n) is 2.96. The van der Waals surface area contributed by atoms with Crippen LogP contribution < -0.4 is 10.9 Å². The van der Waals surface area contributed by atoms with Crippen LogP contribution in [0.2, 0.25) is 5.02 Å². The zero-order valence-electron chi connectivity index (χ0n) is 10.6. The smallest absolute Gasteiger partial charge is 0.274 e. The maximum absolute atomic E-state index is 13.7. The molecule has 0 bridgehead atoms. The predicted octanol–water partition coefficient (Wildman–Crippen LogP) is 2.67. The number of carbonyl (C=O) groups excluding carboxylic acids is 1. The number of pyridine rings is 1. The van der Waals surface area contributed by atoms with Gasteiger partial charge in [-0.3, -0.25) is 14.0 Å². The topological polar surface area (TPSA) is 66.4 Å². The summed E-state index contributed by atoms with van der Waals surface area (Å²) in [5.74, 6) is -1.25. The second-order valence-electron chi connectivity index (χ2n) is 4.34. The maximum Gasteiger partial charge on any atom is 0.274 e. The Kier molecular flexibility index (Phi) is 3.23. The Morgan fingerprint density at radius 1 is 1.29 bits per heavy atom. The van der Waals surface area contributed by atoms with Gasteiger partial charge in [-0.05, 0) is 24.3 Å². The van der Waals surface area contributed by atoms with Crippen LogP contribution in [0.1, 0.15) is 10.5 Å². The summed E-state index contributed by atoms with van der Waals surface area (Å²) in [6, 6.07) is 8.48. The van der Waals surface area contributed by atoms with E-state index in [4.69, 9.17) is 11.6 Å². The number of benzene rings is 1. The Labute approximate surface area is 123 Å². The molecule has 0 spiro atoms. The number of carbonyl (C=O) groups is 1. The van der Waals surface area contributed by atoms with Gasteiger partial charge in [-0.2, -0.15) is 0 Å². The first-order valence-corrected chi connectivity index (χ1v) is 6.39. The fraction of sp³-hybridized carbons (Fsp3) is 0. The Morgan fingerprint density at radius 3 is 2.86 bits per heavy atom. The monoisotopic (exact) mass is 305 g/mol. The van der Waals surface area contributed by atoms with Crippen molar-refractivity contribution in [2.24, 2.45) is 0 Å². The van der Waals surface area contributed by atoms with E-state index >= 15 is 0 Å². The van der Waals surface area contributed by atoms with E-state index < -0.39 is 11.7 Å². The van der Waals surface area contributed by atoms with Crippen molar-refractivity contribution in [3.8, 4) is 0 Å². The molecule has 0 fully saturated rings. The Morgan fingerprint density at radius 2 is 2.10 bits per heavy atom. The van der Waals surface area contributed by atoms with Crippen LogP contribution in [0.25, 0.3) is 5.65 Å². The van der Waals surface area contributed by atoms with E-state index in [-0.39, 0.29) is 22.0 Å². The minimum atomic E-state index is -0.650. The predicted molar refractivity (Wildman–Crippen MR) is 77.4 cm³/mol. The molecule has 0 saturated carbocycles. The molecule has 5 nitrogen and oxygen atoms in total. The Balaban J connectivity index is 2.00. The molecule has 2 heterocycles. The summed E-state index contributed by atoms with van der Waals surface area (Å²) in [5, 5.41) is 2.64. The van der Waals surface area contributed by atoms with Gasteiger partial charge in [0, 0.05) is 17.3 Å². The van der Waals surface area contributed by atoms with Gasteiger partial charge in [0.25, 0.3) is 11.5 Å². The number of H-pyrrole nitrogens is 1. The molecule has 0 unspecified atom stereocenters. The summed E-state index contributed by atoms with van der Waals surface area (Å²) < 4.78 is 14.9. The molecule has 0 aliphatic heterocycles. The van der Waals surface area contributed by atoms with Crippen molar-refractivity contribution in [3.05, 3.63) is 69.5 Å². The second-order valence-corrected chi connectivity index (χ2v) is 4.77. The van der Waals surface area contributed by atoms with Gasteiger partial charge < -0.3 is 10.3 Å². The van der Waals surface area contributed by atoms with E-state index in [0.29, 0.717) is 5.65 Å². The highest BCUT2D eigenvalue weighted by Crippen LogP contribution is 2.19. The lowest BCUT2D eigenvalue weighted by Gasteiger charge is -2.06. The average molecular weight is 306 g/mol. The molecule has 1 amide bonds. The lowest BCUT2D eigenvalue weighted by Crippen LogP contribution is -2.21. The van der Waals surface area contributed by atoms with Crippen LogP contribution in [0.5, 0.6) is 0 Å². The molecule has 0 aliphatic rings. The summed E-state index contributed by atoms with van der Waals surface area (Å²) in [7, 11) is 0. The van der Waals surface area contributed by atoms with Gasteiger partial charge in [-0.1, -0.05) is 17.7 Å². The molecule has 3 aromatic rings. The van der Waals surface area contributed by atoms with Gasteiger partial charge in [0.05, 0.1) is 5.69 Å². The third-order valence-corrected chi connectivity index (χ3v) is 3.20. The van der Waals surface area contributed by atoms with Crippen molar-refractivity contribution in [2.75, 3.05) is 5.32 Å². The number of aromatic amines is 1. The van der Waals surface area contributed by atoms with E-state index in [9.17, 15) is 14.0 Å². The summed E-state index contributed by atoms with van der Waals surface area (Å²) >= 11 is 5.65. The first-order valence-electron chi connectivity index (χ1n) is 6.02. The molecular formula is C14H9ClFN3O2. The third kappa shape index (κ3) is 2.41. The number of rotatable bonds is 2. The summed E-state index contributed by atoms with van der Waals surface area (Å²) in [5.41, 5.74) is 0.201. The molecule has 0 aliphatic carbocycles. The number of amides is 1. The van der Waals surface area contributed by atoms with E-state index in [0.717, 1.165) is 6.07 Å². The van der Waals surface area contributed by atoms with Crippen molar-refractivity contribution in [3.63, 3.8) is 0 Å². The summed E-state index contributed by atoms with van der Waals surface area (Å²) in [4.78, 5) is 26.8. The van der Waals surface area contributed by atoms with Gasteiger partial charge in [0.1, 0.15) is 17.2 Å². The average Bonchev–Trinajstić information content (AvgIpc) is 2.87. The lowest BCUT2D eigenvalue weighted by molar-refractivity contribution is 0.102. The molecule has 2 aromatic heterocycles. The van der Waals surface area contributed by atoms with Gasteiger partial charge >= 0.3 is 0 Å². The van der Waals surface area contributed by atoms with Crippen LogP contribution in [-0.2, 0) is 0 Å². The molecule has 1 aromatic carbocycles. The van der Waals surface area contributed by atoms with Crippen LogP contribution in [0.4, 0.5) is 10.1 Å². The number of imidazole rings is 1. The van der Waals surface area contributed by atoms with Crippen molar-refractivity contribution >= 4 is 28.8 Å². The van der Waals surface area contributed by atoms with E-state index in [2.05, 4.69) is 10.3 Å². The van der Waals surface area contributed by atoms with Crippen molar-refractivity contribution in [1.82, 2.24) is 9.38 Å². The van der Waals surface area contributed by atoms with E-state index in [1.165, 1.54) is 28.8 Å². The molecule has 7 heteroatoms. The van der Waals surface area contributed by atoms with Crippen LogP contribution in [-0.4, -0.2) is 15.3 Å². The Bertz CT molecular complexity index is 901. The highest BCUT2D eigenvalue weighted by molar-refractivity contribution is 6.30. The number of anilines is 1. The van der Waals surface area contributed by atoms with Crippen molar-refractivity contribution in [2.45, 2.75) is 0 Å². The molecule has 106 valence electrons. The normalized spacial score (nSPS) is 10.8. The zero-order chi connectivity index (χ0) is 15.0. The molecule has 0 atom stereocenters. The molecule has 3 rings (SSSR count). The first kappa shape index (κ1) is 13.4. The van der Waals surface area contributed by atoms with E-state index in [1.54, 1.807) is 12.1 Å². The minimum absolute atomic E-state index is 0.0114. The Hall–Kier alpha value is -2.60. The summed E-state index contributed by atoms with van der Waals surface area (Å²) in [6.45, 7) is 0. The number of hydrogen-bond donors (Lipinski definition) is 2. The number of halogens is 2. The van der Waals surface area contributed by atoms with Gasteiger partial charge in [-0.25, -0.2) is 4.39 Å². The molecule has 2 N–H and O–H groups in total. The summed E-state index contributed by atoms with van der Waals surface area (Å²) in [6.07, 6.45) is 1.39. The van der Waals surface area contributed by atoms with Crippen LogP contribution in [0.15, 0.2) is 47.4 Å². The number of aromatic nitrogens is 2. The van der Waals surface area contributed by atoms with Crippen LogP contribution in [0.3, 0.4) is 0 Å².